The molecule has 41 heavy (non-hydrogen) atoms. The van der Waals surface area contributed by atoms with Crippen molar-refractivity contribution in [1.29, 1.82) is 0 Å². The Hall–Kier alpha value is -3.86. The molecule has 7 atom stereocenters. The predicted octanol–water partition coefficient (Wildman–Crippen LogP) is -1.66. The number of ether oxygens (including phenoxy) is 3. The van der Waals surface area contributed by atoms with Crippen LogP contribution < -0.4 is 9.64 Å². The summed E-state index contributed by atoms with van der Waals surface area (Å²) in [5.74, 6) is -3.60. The number of hydrogen-bond acceptors (Lipinski definition) is 13. The number of aromatic hydroxyl groups is 1. The van der Waals surface area contributed by atoms with Gasteiger partial charge in [-0.1, -0.05) is 0 Å². The number of phenols is 1. The summed E-state index contributed by atoms with van der Waals surface area (Å²) in [7, 11) is 1.35. The van der Waals surface area contributed by atoms with Gasteiger partial charge in [0, 0.05) is 37.9 Å². The molecule has 3 heterocycles. The molecule has 1 fully saturated rings. The third-order valence-corrected chi connectivity index (χ3v) is 6.94. The van der Waals surface area contributed by atoms with Crippen LogP contribution in [0, 0.1) is 0 Å². The lowest BCUT2D eigenvalue weighted by molar-refractivity contribution is -0.277. The van der Waals surface area contributed by atoms with Crippen molar-refractivity contribution in [2.75, 3.05) is 25.2 Å². The van der Waals surface area contributed by atoms with Gasteiger partial charge in [0.1, 0.15) is 36.7 Å². The highest BCUT2D eigenvalue weighted by Crippen LogP contribution is 2.42. The zero-order chi connectivity index (χ0) is 30.0. The van der Waals surface area contributed by atoms with E-state index < -0.39 is 72.8 Å². The second-order valence-corrected chi connectivity index (χ2v) is 9.70. The maximum atomic E-state index is 12.9. The zero-order valence-corrected chi connectivity index (χ0v) is 21.7. The molecule has 1 saturated heterocycles. The molecule has 0 bridgehead atoms. The molecule has 0 aromatic heterocycles. The number of aliphatic hydroxyl groups excluding tert-OH is 4. The fraction of sp³-hybridized carbons (Fsp3) is 0.462. The Labute approximate surface area is 232 Å². The van der Waals surface area contributed by atoms with Crippen molar-refractivity contribution >= 4 is 29.1 Å². The molecule has 0 radical (unpaired) electrons. The lowest BCUT2D eigenvalue weighted by Crippen LogP contribution is -2.60. The first-order valence-corrected chi connectivity index (χ1v) is 12.5. The summed E-state index contributed by atoms with van der Waals surface area (Å²) in [6.07, 6.45) is -3.58. The summed E-state index contributed by atoms with van der Waals surface area (Å²) in [6, 6.07) is 0.588. The van der Waals surface area contributed by atoms with Crippen LogP contribution in [0.25, 0.3) is 0 Å². The summed E-state index contributed by atoms with van der Waals surface area (Å²) in [5.41, 5.74) is 0.815. The number of phenolic OH excluding ortho intramolecular Hbond substituents is 1. The highest BCUT2D eigenvalue weighted by Gasteiger charge is 2.45. The molecule has 0 saturated carbocycles. The normalized spacial score (nSPS) is 29.6. The Morgan fingerprint density at radius 2 is 1.85 bits per heavy atom. The molecule has 1 aromatic rings. The van der Waals surface area contributed by atoms with Crippen LogP contribution >= 0.6 is 0 Å². The number of Topliss-reactive ketones (excluding diaryl/α,β-unsaturated/α-hetero) is 1. The Morgan fingerprint density at radius 3 is 2.49 bits per heavy atom. The van der Waals surface area contributed by atoms with Crippen LogP contribution in [-0.2, 0) is 30.3 Å². The van der Waals surface area contributed by atoms with E-state index in [4.69, 9.17) is 14.2 Å². The summed E-state index contributed by atoms with van der Waals surface area (Å²) in [4.78, 5) is 41.1. The molecular weight excluding hydrogens is 548 g/mol. The van der Waals surface area contributed by atoms with Crippen LogP contribution in [0.3, 0.4) is 0 Å². The van der Waals surface area contributed by atoms with E-state index in [0.717, 1.165) is 0 Å². The average molecular weight is 579 g/mol. The van der Waals surface area contributed by atoms with E-state index in [9.17, 15) is 50.1 Å². The lowest BCUT2D eigenvalue weighted by Gasteiger charge is -2.39. The molecular formula is C26H30N2O13. The molecule has 3 aliphatic heterocycles. The van der Waals surface area contributed by atoms with Gasteiger partial charge in [-0.25, -0.2) is 9.59 Å². The fourth-order valence-electron chi connectivity index (χ4n) is 4.81. The number of aliphatic hydroxyl groups is 4. The second-order valence-electron chi connectivity index (χ2n) is 9.70. The number of allylic oxidation sites excluding steroid dienone is 1. The quantitative estimate of drug-likeness (QED) is 0.165. The van der Waals surface area contributed by atoms with Gasteiger partial charge >= 0.3 is 11.9 Å². The summed E-state index contributed by atoms with van der Waals surface area (Å²) < 4.78 is 15.9. The van der Waals surface area contributed by atoms with Crippen LogP contribution in [0.4, 0.5) is 5.69 Å². The number of aliphatic imine (C=N–C) groups is 1. The molecule has 4 rings (SSSR count). The van der Waals surface area contributed by atoms with Gasteiger partial charge < -0.3 is 54.9 Å². The maximum Gasteiger partial charge on any atom is 0.354 e. The molecule has 0 unspecified atom stereocenters. The van der Waals surface area contributed by atoms with E-state index in [0.29, 0.717) is 16.8 Å². The monoisotopic (exact) mass is 578 g/mol. The number of hydrogen-bond donors (Lipinski definition) is 7. The van der Waals surface area contributed by atoms with E-state index in [2.05, 4.69) is 4.99 Å². The van der Waals surface area contributed by atoms with Crippen molar-refractivity contribution in [2.24, 2.45) is 4.99 Å². The number of carboxylic acid groups (broad SMARTS) is 2. The number of anilines is 1. The first-order chi connectivity index (χ1) is 19.4. The fourth-order valence-corrected chi connectivity index (χ4v) is 4.81. The van der Waals surface area contributed by atoms with Gasteiger partial charge in [0.2, 0.25) is 6.29 Å². The first kappa shape index (κ1) is 30.1. The maximum absolute atomic E-state index is 12.9. The third kappa shape index (κ3) is 6.24. The van der Waals surface area contributed by atoms with E-state index >= 15 is 0 Å². The number of carbonyl (C=O) groups excluding carboxylic acids is 1. The minimum atomic E-state index is -1.71. The Bertz CT molecular complexity index is 1290. The first-order valence-electron chi connectivity index (χ1n) is 12.5. The average Bonchev–Trinajstić information content (AvgIpc) is 3.29. The number of ketones is 1. The standard InChI is InChI=1S/C26H30N2O13/c1-39-10-18(31)16-6-12-7-19(40-26-23(34)22(33)21(32)20(9-29)41-26)17(30)8-15(12)28(16)3-2-11-4-13(24(35)36)27-14(5-11)25(37)38/h2-4,7-8,14,16,20-23,26,29-30,32-34H,5-6,9-10H2,1H3,(H,35,36)(H,37,38)/b3-2+/t14-,16-,20+,21+,22-,23+,26+/m0/s1. The highest BCUT2D eigenvalue weighted by atomic mass is 16.7. The van der Waals surface area contributed by atoms with Gasteiger partial charge in [0.15, 0.2) is 23.3 Å². The Kier molecular flexibility index (Phi) is 9.06. The minimum absolute atomic E-state index is 0.0862. The number of benzene rings is 1. The van der Waals surface area contributed by atoms with E-state index in [1.54, 1.807) is 0 Å². The van der Waals surface area contributed by atoms with E-state index in [-0.39, 0.29) is 31.0 Å². The van der Waals surface area contributed by atoms with Crippen LogP contribution in [0.15, 0.2) is 41.1 Å². The molecule has 0 amide bonds. The molecule has 0 spiro atoms. The number of nitrogens with zero attached hydrogens (tertiary/aromatic N) is 2. The number of methoxy groups -OCH3 is 1. The zero-order valence-electron chi connectivity index (χ0n) is 21.7. The van der Waals surface area contributed by atoms with Gasteiger partial charge in [-0.05, 0) is 29.4 Å². The van der Waals surface area contributed by atoms with Gasteiger partial charge in [0.05, 0.1) is 12.6 Å². The van der Waals surface area contributed by atoms with Crippen LogP contribution in [0.5, 0.6) is 11.5 Å². The summed E-state index contributed by atoms with van der Waals surface area (Å²) in [6.45, 7) is -0.905. The van der Waals surface area contributed by atoms with Crippen molar-refractivity contribution in [3.63, 3.8) is 0 Å². The summed E-state index contributed by atoms with van der Waals surface area (Å²) in [5, 5.41) is 69.2. The van der Waals surface area contributed by atoms with Crippen molar-refractivity contribution in [3.8, 4) is 11.5 Å². The number of carbonyl (C=O) groups is 3. The minimum Gasteiger partial charge on any atom is -0.504 e. The van der Waals surface area contributed by atoms with E-state index in [1.807, 2.05) is 0 Å². The number of dihydropyridines is 1. The lowest BCUT2D eigenvalue weighted by atomic mass is 9.99. The third-order valence-electron chi connectivity index (χ3n) is 6.94. The number of carboxylic acids is 2. The largest absolute Gasteiger partial charge is 0.504 e. The second kappa shape index (κ2) is 12.3. The number of rotatable bonds is 10. The van der Waals surface area contributed by atoms with Gasteiger partial charge in [-0.2, -0.15) is 0 Å². The van der Waals surface area contributed by atoms with Crippen molar-refractivity contribution < 1.29 is 64.3 Å². The molecule has 15 heteroatoms. The van der Waals surface area contributed by atoms with Crippen molar-refractivity contribution in [1.82, 2.24) is 0 Å². The Balaban J connectivity index is 1.64. The molecule has 7 N–H and O–H groups in total. The van der Waals surface area contributed by atoms with Gasteiger partial charge in [-0.3, -0.25) is 9.79 Å². The molecule has 222 valence electrons. The highest BCUT2D eigenvalue weighted by molar-refractivity contribution is 6.41. The van der Waals surface area contributed by atoms with Gasteiger partial charge in [-0.15, -0.1) is 0 Å². The van der Waals surface area contributed by atoms with E-state index in [1.165, 1.54) is 42.5 Å². The predicted molar refractivity (Wildman–Crippen MR) is 138 cm³/mol. The topological polar surface area (TPSA) is 236 Å². The summed E-state index contributed by atoms with van der Waals surface area (Å²) >= 11 is 0. The molecule has 15 nitrogen and oxygen atoms in total. The van der Waals surface area contributed by atoms with Gasteiger partial charge in [0.25, 0.3) is 0 Å². The van der Waals surface area contributed by atoms with Crippen LogP contribution in [0.1, 0.15) is 12.0 Å². The Morgan fingerprint density at radius 1 is 1.12 bits per heavy atom. The molecule has 0 aliphatic carbocycles. The number of aliphatic carboxylic acids is 2. The molecule has 3 aliphatic rings. The molecule has 1 aromatic carbocycles. The number of fused-ring (bicyclic) bond motifs is 1. The van der Waals surface area contributed by atoms with Crippen molar-refractivity contribution in [2.45, 2.75) is 55.6 Å². The SMILES string of the molecule is COCC(=O)[C@@H]1Cc2cc(O[C@@H]3O[C@H](CO)[C@@H](O)[C@H](O)[C@H]3O)c(O)cc2N1/C=C/C1=CC(C(=O)O)=N[C@H](C(=O)O)C1. The van der Waals surface area contributed by atoms with Crippen LogP contribution in [0.2, 0.25) is 0 Å². The smallest absolute Gasteiger partial charge is 0.354 e. The van der Waals surface area contributed by atoms with Crippen LogP contribution in [-0.4, -0.2) is 122 Å². The van der Waals surface area contributed by atoms with Crippen molar-refractivity contribution in [3.05, 3.63) is 41.6 Å².